The van der Waals surface area contributed by atoms with Crippen molar-refractivity contribution in [1.82, 2.24) is 20.4 Å². The van der Waals surface area contributed by atoms with E-state index in [9.17, 15) is 19.2 Å². The second-order valence-corrected chi connectivity index (χ2v) is 17.1. The Morgan fingerprint density at radius 2 is 1.68 bits per heavy atom. The Morgan fingerprint density at radius 3 is 2.26 bits per heavy atom. The van der Waals surface area contributed by atoms with Gasteiger partial charge in [0, 0.05) is 19.5 Å². The maximum atomic E-state index is 14.2. The summed E-state index contributed by atoms with van der Waals surface area (Å²) in [6.07, 6.45) is 0.740. The van der Waals surface area contributed by atoms with Gasteiger partial charge in [0.15, 0.2) is 0 Å². The van der Waals surface area contributed by atoms with Crippen LogP contribution in [0.15, 0.2) is 24.3 Å². The molecular weight excluding hydrogens is 639 g/mol. The molecule has 3 aliphatic heterocycles. The van der Waals surface area contributed by atoms with Gasteiger partial charge >= 0.3 is 19.3 Å². The third-order valence-corrected chi connectivity index (χ3v) is 11.9. The lowest BCUT2D eigenvalue weighted by Crippen LogP contribution is -2.65. The molecule has 0 unspecified atom stereocenters. The van der Waals surface area contributed by atoms with Crippen LogP contribution < -0.4 is 10.6 Å². The van der Waals surface area contributed by atoms with Gasteiger partial charge in [0.05, 0.1) is 24.2 Å². The Bertz CT molecular complexity index is 1470. The summed E-state index contributed by atoms with van der Waals surface area (Å²) >= 11 is 0. The molecular formula is C37H55BN4O8. The number of carbonyl (C=O) groups is 4. The Labute approximate surface area is 296 Å². The lowest BCUT2D eigenvalue weighted by molar-refractivity contribution is -0.199. The van der Waals surface area contributed by atoms with Gasteiger partial charge in [-0.15, -0.1) is 0 Å². The SMILES string of the molecule is CC[C@H](NC(=O)[C@@H]1C[C@@H](OC(=O)N2Cc3ccccc3C2)CN1C(=O)[C@@H](NC(=O)OC(C)(C)C)C(C)C)B1O[C@@H]2C[C@@H]3C[C@@H](C3(C)C)[C@]2(C)O1. The quantitative estimate of drug-likeness (QED) is 0.370. The molecule has 0 radical (unpaired) electrons. The van der Waals surface area contributed by atoms with Crippen LogP contribution in [0, 0.1) is 23.2 Å². The Kier molecular flexibility index (Phi) is 9.73. The minimum atomic E-state index is -0.968. The van der Waals surface area contributed by atoms with Crippen LogP contribution in [0.3, 0.4) is 0 Å². The molecule has 0 aromatic heterocycles. The van der Waals surface area contributed by atoms with Gasteiger partial charge in [-0.1, -0.05) is 58.9 Å². The zero-order valence-electron chi connectivity index (χ0n) is 31.1. The molecule has 8 atom stereocenters. The van der Waals surface area contributed by atoms with Crippen molar-refractivity contribution < 1.29 is 38.0 Å². The van der Waals surface area contributed by atoms with E-state index < -0.39 is 60.5 Å². The van der Waals surface area contributed by atoms with E-state index in [-0.39, 0.29) is 36.3 Å². The van der Waals surface area contributed by atoms with E-state index in [0.29, 0.717) is 31.3 Å². The monoisotopic (exact) mass is 694 g/mol. The molecule has 12 nitrogen and oxygen atoms in total. The van der Waals surface area contributed by atoms with Crippen molar-refractivity contribution in [3.8, 4) is 0 Å². The molecule has 1 aromatic rings. The van der Waals surface area contributed by atoms with Crippen molar-refractivity contribution >= 4 is 31.1 Å². The van der Waals surface area contributed by atoms with Crippen molar-refractivity contribution in [2.75, 3.05) is 6.54 Å². The van der Waals surface area contributed by atoms with Crippen LogP contribution in [-0.4, -0.2) is 88.9 Å². The summed E-state index contributed by atoms with van der Waals surface area (Å²) < 4.78 is 24.6. The van der Waals surface area contributed by atoms with Crippen LogP contribution in [-0.2, 0) is 41.5 Å². The molecule has 3 heterocycles. The third kappa shape index (κ3) is 6.84. The smallest absolute Gasteiger partial charge is 0.444 e. The fourth-order valence-corrected chi connectivity index (χ4v) is 8.89. The number of likely N-dealkylation sites (tertiary alicyclic amines) is 1. The summed E-state index contributed by atoms with van der Waals surface area (Å²) in [5, 5.41) is 5.87. The van der Waals surface area contributed by atoms with Crippen molar-refractivity contribution in [1.29, 1.82) is 0 Å². The van der Waals surface area contributed by atoms with Crippen molar-refractivity contribution in [3.63, 3.8) is 0 Å². The second-order valence-electron chi connectivity index (χ2n) is 17.1. The first-order valence-electron chi connectivity index (χ1n) is 18.4. The molecule has 2 saturated heterocycles. The number of carbonyl (C=O) groups excluding carboxylic acids is 4. The zero-order chi connectivity index (χ0) is 36.3. The topological polar surface area (TPSA) is 136 Å². The van der Waals surface area contributed by atoms with Crippen LogP contribution >= 0.6 is 0 Å². The number of hydrogen-bond acceptors (Lipinski definition) is 8. The number of rotatable bonds is 8. The van der Waals surface area contributed by atoms with Gasteiger partial charge in [0.1, 0.15) is 23.8 Å². The molecule has 5 fully saturated rings. The number of amides is 4. The van der Waals surface area contributed by atoms with Crippen molar-refractivity contribution in [2.24, 2.45) is 23.2 Å². The number of fused-ring (bicyclic) bond motifs is 1. The molecule has 2 N–H and O–H groups in total. The van der Waals surface area contributed by atoms with Crippen LogP contribution in [0.1, 0.15) is 99.1 Å². The Morgan fingerprint density at radius 1 is 1.02 bits per heavy atom. The van der Waals surface area contributed by atoms with E-state index in [1.165, 1.54) is 4.90 Å². The van der Waals surface area contributed by atoms with Gasteiger partial charge < -0.3 is 34.3 Å². The fraction of sp³-hybridized carbons (Fsp3) is 0.730. The van der Waals surface area contributed by atoms with Crippen LogP contribution in [0.4, 0.5) is 9.59 Å². The second kappa shape index (κ2) is 13.3. The number of hydrogen-bond donors (Lipinski definition) is 2. The van der Waals surface area contributed by atoms with Gasteiger partial charge in [0.2, 0.25) is 11.8 Å². The molecule has 6 aliphatic rings. The number of nitrogens with one attached hydrogen (secondary N) is 2. The number of ether oxygens (including phenoxy) is 2. The summed E-state index contributed by atoms with van der Waals surface area (Å²) in [6, 6.07) is 5.95. The Hall–Kier alpha value is -3.32. The van der Waals surface area contributed by atoms with Crippen LogP contribution in [0.5, 0.6) is 0 Å². The molecule has 13 heteroatoms. The maximum Gasteiger partial charge on any atom is 0.481 e. The number of alkyl carbamates (subject to hydrolysis) is 1. The average molecular weight is 695 g/mol. The fourth-order valence-electron chi connectivity index (χ4n) is 8.89. The van der Waals surface area contributed by atoms with Gasteiger partial charge in [-0.05, 0) is 81.3 Å². The summed E-state index contributed by atoms with van der Waals surface area (Å²) in [5.74, 6) is -0.615. The predicted octanol–water partition coefficient (Wildman–Crippen LogP) is 4.82. The highest BCUT2D eigenvalue weighted by atomic mass is 16.7. The lowest BCUT2D eigenvalue weighted by Gasteiger charge is -2.64. The maximum absolute atomic E-state index is 14.2. The third-order valence-electron chi connectivity index (χ3n) is 11.9. The molecule has 50 heavy (non-hydrogen) atoms. The van der Waals surface area contributed by atoms with E-state index in [2.05, 4.69) is 31.4 Å². The normalized spacial score (nSPS) is 30.6. The molecule has 4 amide bonds. The largest absolute Gasteiger partial charge is 0.481 e. The van der Waals surface area contributed by atoms with Gasteiger partial charge in [-0.3, -0.25) is 14.5 Å². The highest BCUT2D eigenvalue weighted by Gasteiger charge is 2.68. The van der Waals surface area contributed by atoms with Gasteiger partial charge in [-0.2, -0.15) is 0 Å². The van der Waals surface area contributed by atoms with Crippen LogP contribution in [0.2, 0.25) is 0 Å². The molecule has 0 spiro atoms. The van der Waals surface area contributed by atoms with E-state index in [4.69, 9.17) is 18.8 Å². The summed E-state index contributed by atoms with van der Waals surface area (Å²) in [7, 11) is -0.623. The standard InChI is InChI=1S/C37H55BN4O8/c1-10-29(38-49-28-16-24-15-27(36(24,7)8)37(28,9)50-38)39-31(43)26-17-25(47-34(46)41-18-22-13-11-12-14-23(22)19-41)20-42(26)32(44)30(21(2)3)40-33(45)48-35(4,5)6/h11-14,21,24-30H,10,15-20H2,1-9H3,(H,39,43)(H,40,45)/t24-,25+,26-,27-,28+,29-,30-,37-/m0/s1. The van der Waals surface area contributed by atoms with Crippen molar-refractivity contribution in [3.05, 3.63) is 35.4 Å². The van der Waals surface area contributed by atoms with E-state index in [1.54, 1.807) is 25.7 Å². The molecule has 3 saturated carbocycles. The molecule has 2 bridgehead atoms. The first kappa shape index (κ1) is 36.5. The number of benzene rings is 1. The van der Waals surface area contributed by atoms with Crippen LogP contribution in [0.25, 0.3) is 0 Å². The predicted molar refractivity (Wildman–Crippen MR) is 186 cm³/mol. The van der Waals surface area contributed by atoms with Crippen molar-refractivity contribution in [2.45, 2.75) is 143 Å². The first-order chi connectivity index (χ1) is 23.4. The molecule has 3 aliphatic carbocycles. The average Bonchev–Trinajstić information content (AvgIpc) is 3.75. The minimum Gasteiger partial charge on any atom is -0.444 e. The lowest BCUT2D eigenvalue weighted by atomic mass is 9.43. The van der Waals surface area contributed by atoms with E-state index in [0.717, 1.165) is 24.0 Å². The van der Waals surface area contributed by atoms with Gasteiger partial charge in [-0.25, -0.2) is 9.59 Å². The molecule has 1 aromatic carbocycles. The zero-order valence-corrected chi connectivity index (χ0v) is 31.1. The van der Waals surface area contributed by atoms with Gasteiger partial charge in [0.25, 0.3) is 0 Å². The first-order valence-corrected chi connectivity index (χ1v) is 18.4. The summed E-state index contributed by atoms with van der Waals surface area (Å²) in [6.45, 7) is 18.5. The minimum absolute atomic E-state index is 0.00812. The highest BCUT2D eigenvalue weighted by molar-refractivity contribution is 6.47. The highest BCUT2D eigenvalue weighted by Crippen LogP contribution is 2.65. The Balaban J connectivity index is 1.18. The van der Waals surface area contributed by atoms with E-state index >= 15 is 0 Å². The molecule has 7 rings (SSSR count). The molecule has 274 valence electrons. The number of nitrogens with zero attached hydrogens (tertiary/aromatic N) is 2. The summed E-state index contributed by atoms with van der Waals surface area (Å²) in [4.78, 5) is 57.7. The van der Waals surface area contributed by atoms with E-state index in [1.807, 2.05) is 45.0 Å². The summed E-state index contributed by atoms with van der Waals surface area (Å²) in [5.41, 5.74) is 1.12.